The van der Waals surface area contributed by atoms with Gasteiger partial charge in [0.25, 0.3) is 0 Å². The maximum atomic E-state index is 13.8. The molecular formula is C35H42N6O5S. The lowest BCUT2D eigenvalue weighted by molar-refractivity contribution is -0.132. The maximum absolute atomic E-state index is 13.8. The lowest BCUT2D eigenvalue weighted by Crippen LogP contribution is -2.56. The molecule has 11 nitrogen and oxygen atoms in total. The molecular weight excluding hydrogens is 616 g/mol. The molecule has 0 heterocycles. The largest absolute Gasteiger partial charge is 0.348 e. The third-order valence-corrected chi connectivity index (χ3v) is 7.86. The Bertz CT molecular complexity index is 1640. The first-order valence-electron chi connectivity index (χ1n) is 15.4. The van der Waals surface area contributed by atoms with Crippen molar-refractivity contribution in [1.82, 2.24) is 16.0 Å². The molecule has 12 heteroatoms. The van der Waals surface area contributed by atoms with Crippen LogP contribution in [0.25, 0.3) is 10.4 Å². The molecule has 0 fully saturated rings. The Labute approximate surface area is 276 Å². The molecule has 0 bridgehead atoms. The second-order valence-corrected chi connectivity index (χ2v) is 13.7. The van der Waals surface area contributed by atoms with Crippen molar-refractivity contribution in [2.24, 2.45) is 11.0 Å². The second-order valence-electron chi connectivity index (χ2n) is 11.8. The summed E-state index contributed by atoms with van der Waals surface area (Å²) >= 11 is 0. The molecule has 3 aromatic rings. The number of hydrogen-bond donors (Lipinski definition) is 3. The molecule has 3 N–H and O–H groups in total. The normalized spacial score (nSPS) is 14.0. The van der Waals surface area contributed by atoms with Gasteiger partial charge in [-0.25, -0.2) is 8.42 Å². The molecule has 0 aromatic heterocycles. The summed E-state index contributed by atoms with van der Waals surface area (Å²) in [6.45, 7) is 3.82. The lowest BCUT2D eigenvalue weighted by Gasteiger charge is -2.26. The molecule has 248 valence electrons. The summed E-state index contributed by atoms with van der Waals surface area (Å²) in [4.78, 5) is 43.8. The monoisotopic (exact) mass is 658 g/mol. The fourth-order valence-electron chi connectivity index (χ4n) is 4.94. The van der Waals surface area contributed by atoms with Gasteiger partial charge in [-0.15, -0.1) is 0 Å². The van der Waals surface area contributed by atoms with Crippen molar-refractivity contribution in [3.63, 3.8) is 0 Å². The number of amides is 3. The average Bonchev–Trinajstić information content (AvgIpc) is 3.03. The highest BCUT2D eigenvalue weighted by atomic mass is 32.2. The van der Waals surface area contributed by atoms with Gasteiger partial charge in [-0.2, -0.15) is 0 Å². The molecule has 47 heavy (non-hydrogen) atoms. The van der Waals surface area contributed by atoms with E-state index in [1.54, 1.807) is 0 Å². The minimum Gasteiger partial charge on any atom is -0.348 e. The van der Waals surface area contributed by atoms with Crippen LogP contribution in [0, 0.1) is 5.92 Å². The van der Waals surface area contributed by atoms with E-state index >= 15 is 0 Å². The van der Waals surface area contributed by atoms with E-state index in [-0.39, 0.29) is 25.2 Å². The van der Waals surface area contributed by atoms with Crippen LogP contribution in [0.15, 0.2) is 108 Å². The van der Waals surface area contributed by atoms with Gasteiger partial charge in [0.05, 0.1) is 6.04 Å². The van der Waals surface area contributed by atoms with E-state index in [9.17, 15) is 28.3 Å². The minimum atomic E-state index is -3.46. The van der Waals surface area contributed by atoms with Crippen molar-refractivity contribution in [1.29, 1.82) is 0 Å². The van der Waals surface area contributed by atoms with Crippen molar-refractivity contribution in [2.45, 2.75) is 63.7 Å². The Balaban J connectivity index is 1.85. The number of azide groups is 1. The zero-order chi connectivity index (χ0) is 34.2. The lowest BCUT2D eigenvalue weighted by atomic mass is 9.99. The van der Waals surface area contributed by atoms with Gasteiger partial charge in [0.1, 0.15) is 18.1 Å². The van der Waals surface area contributed by atoms with Crippen LogP contribution in [0.1, 0.15) is 37.0 Å². The number of nitrogens with one attached hydrogen (secondary N) is 3. The van der Waals surface area contributed by atoms with Gasteiger partial charge in [-0.1, -0.05) is 116 Å². The zero-order valence-electron chi connectivity index (χ0n) is 26.8. The van der Waals surface area contributed by atoms with E-state index in [0.717, 1.165) is 28.4 Å². The summed E-state index contributed by atoms with van der Waals surface area (Å²) in [7, 11) is -3.46. The van der Waals surface area contributed by atoms with E-state index in [0.29, 0.717) is 6.42 Å². The smallest absolute Gasteiger partial charge is 0.243 e. The van der Waals surface area contributed by atoms with Gasteiger partial charge >= 0.3 is 0 Å². The molecule has 1 unspecified atom stereocenters. The summed E-state index contributed by atoms with van der Waals surface area (Å²) in [5.74, 6) is -1.70. The molecule has 0 saturated carbocycles. The number of sulfone groups is 1. The van der Waals surface area contributed by atoms with Crippen molar-refractivity contribution in [3.05, 3.63) is 130 Å². The first-order chi connectivity index (χ1) is 22.4. The van der Waals surface area contributed by atoms with Gasteiger partial charge in [0.2, 0.25) is 17.7 Å². The number of carbonyl (C=O) groups is 3. The molecule has 3 rings (SSSR count). The van der Waals surface area contributed by atoms with Gasteiger partial charge in [-0.3, -0.25) is 14.4 Å². The van der Waals surface area contributed by atoms with Crippen molar-refractivity contribution < 1.29 is 22.8 Å². The van der Waals surface area contributed by atoms with E-state index in [1.165, 1.54) is 6.08 Å². The first kappa shape index (κ1) is 36.5. The highest BCUT2D eigenvalue weighted by Crippen LogP contribution is 2.12. The summed E-state index contributed by atoms with van der Waals surface area (Å²) in [5.41, 5.74) is 11.6. The molecule has 4 atom stereocenters. The average molecular weight is 659 g/mol. The summed E-state index contributed by atoms with van der Waals surface area (Å²) < 4.78 is 23.8. The van der Waals surface area contributed by atoms with Gasteiger partial charge in [-0.05, 0) is 47.4 Å². The quantitative estimate of drug-likeness (QED) is 0.110. The van der Waals surface area contributed by atoms with Crippen molar-refractivity contribution in [3.8, 4) is 0 Å². The van der Waals surface area contributed by atoms with Gasteiger partial charge < -0.3 is 16.0 Å². The summed E-state index contributed by atoms with van der Waals surface area (Å²) in [6, 6.07) is 23.6. The molecule has 0 aliphatic carbocycles. The Morgan fingerprint density at radius 2 is 1.19 bits per heavy atom. The Morgan fingerprint density at radius 1 is 0.723 bits per heavy atom. The van der Waals surface area contributed by atoms with Crippen LogP contribution in [0.4, 0.5) is 0 Å². The van der Waals surface area contributed by atoms with Crippen LogP contribution < -0.4 is 16.0 Å². The highest BCUT2D eigenvalue weighted by Gasteiger charge is 2.30. The number of carbonyl (C=O) groups excluding carboxylic acids is 3. The van der Waals surface area contributed by atoms with E-state index in [4.69, 9.17) is 0 Å². The molecule has 0 saturated heterocycles. The molecule has 0 spiro atoms. The first-order valence-corrected chi connectivity index (χ1v) is 17.3. The van der Waals surface area contributed by atoms with Crippen molar-refractivity contribution in [2.75, 3.05) is 6.26 Å². The maximum Gasteiger partial charge on any atom is 0.243 e. The van der Waals surface area contributed by atoms with Crippen LogP contribution in [-0.2, 0) is 43.5 Å². The molecule has 3 amide bonds. The summed E-state index contributed by atoms with van der Waals surface area (Å²) in [6.07, 6.45) is 3.37. The third-order valence-electron chi connectivity index (χ3n) is 7.21. The standard InChI is InChI=1S/C35H42N6O5S/c1-25(2)21-30(33(42)37-29(19-20-47(3,45)46)22-26-13-7-4-8-14-26)38-34(43)31(23-27-15-9-5-10-16-27)39-35(44)32(40-41-36)24-28-17-11-6-12-18-28/h4-20,25,29-32H,21-24H2,1-3H3,(H,37,42)(H,38,43)(H,39,44)/b20-19+/t29-,30+,31+,32?/m1/s1. The summed E-state index contributed by atoms with van der Waals surface area (Å²) in [5, 5.41) is 13.2. The Kier molecular flexibility index (Phi) is 14.2. The molecule has 3 aromatic carbocycles. The number of rotatable bonds is 17. The van der Waals surface area contributed by atoms with Crippen LogP contribution in [0.5, 0.6) is 0 Å². The topological polar surface area (TPSA) is 170 Å². The number of nitrogens with zero attached hydrogens (tertiary/aromatic N) is 3. The molecule has 0 aliphatic heterocycles. The van der Waals surface area contributed by atoms with Crippen LogP contribution >= 0.6 is 0 Å². The Morgan fingerprint density at radius 3 is 1.68 bits per heavy atom. The molecule has 0 radical (unpaired) electrons. The SMILES string of the molecule is CC(C)C[C@H](NC(=O)[C@H](Cc1ccccc1)NC(=O)C(Cc1ccccc1)N=[N+]=[N-])C(=O)N[C@H](/C=C/S(C)(=O)=O)Cc1ccccc1. The number of benzene rings is 3. The fourth-order valence-corrected chi connectivity index (χ4v) is 5.42. The van der Waals surface area contributed by atoms with Gasteiger partial charge in [0, 0.05) is 23.0 Å². The zero-order valence-corrected chi connectivity index (χ0v) is 27.6. The fraction of sp³-hybridized carbons (Fsp3) is 0.343. The van der Waals surface area contributed by atoms with Crippen LogP contribution in [0.2, 0.25) is 0 Å². The van der Waals surface area contributed by atoms with Gasteiger partial charge in [0.15, 0.2) is 9.84 Å². The van der Waals surface area contributed by atoms with E-state index < -0.39 is 51.7 Å². The van der Waals surface area contributed by atoms with E-state index in [2.05, 4.69) is 26.0 Å². The van der Waals surface area contributed by atoms with Crippen LogP contribution in [0.3, 0.4) is 0 Å². The minimum absolute atomic E-state index is 0.00701. The second kappa shape index (κ2) is 18.3. The third kappa shape index (κ3) is 13.5. The molecule has 0 aliphatic rings. The highest BCUT2D eigenvalue weighted by molar-refractivity contribution is 7.93. The predicted molar refractivity (Wildman–Crippen MR) is 183 cm³/mol. The predicted octanol–water partition coefficient (Wildman–Crippen LogP) is 4.45. The van der Waals surface area contributed by atoms with Crippen molar-refractivity contribution >= 4 is 27.6 Å². The Hall–Kier alpha value is -4.93. The van der Waals surface area contributed by atoms with E-state index in [1.807, 2.05) is 105 Å². The number of hydrogen-bond acceptors (Lipinski definition) is 6. The van der Waals surface area contributed by atoms with Crippen LogP contribution in [-0.4, -0.2) is 56.6 Å².